The van der Waals surface area contributed by atoms with Crippen LogP contribution in [0.2, 0.25) is 0 Å². The summed E-state index contributed by atoms with van der Waals surface area (Å²) in [5, 5.41) is 18.0. The Bertz CT molecular complexity index is 944. The Labute approximate surface area is 142 Å². The van der Waals surface area contributed by atoms with Gasteiger partial charge in [-0.2, -0.15) is 9.40 Å². The summed E-state index contributed by atoms with van der Waals surface area (Å²) in [4.78, 5) is 23.2. The van der Waals surface area contributed by atoms with Gasteiger partial charge in [-0.25, -0.2) is 13.2 Å². The van der Waals surface area contributed by atoms with E-state index in [2.05, 4.69) is 15.5 Å². The first-order chi connectivity index (χ1) is 11.7. The highest BCUT2D eigenvalue weighted by Crippen LogP contribution is 2.38. The highest BCUT2D eigenvalue weighted by molar-refractivity contribution is 7.88. The quantitative estimate of drug-likeness (QED) is 0.699. The molecule has 11 heteroatoms. The maximum absolute atomic E-state index is 11.9. The van der Waals surface area contributed by atoms with Gasteiger partial charge in [-0.05, 0) is 12.1 Å². The van der Waals surface area contributed by atoms with Gasteiger partial charge in [-0.15, -0.1) is 0 Å². The van der Waals surface area contributed by atoms with E-state index in [1.807, 2.05) is 0 Å². The van der Waals surface area contributed by atoms with Gasteiger partial charge in [0.05, 0.1) is 18.7 Å². The number of hydrogen-bond acceptors (Lipinski definition) is 6. The first-order valence-electron chi connectivity index (χ1n) is 7.28. The fourth-order valence-corrected chi connectivity index (χ4v) is 3.03. The predicted molar refractivity (Wildman–Crippen MR) is 85.7 cm³/mol. The number of rotatable bonds is 5. The van der Waals surface area contributed by atoms with Crippen LogP contribution in [-0.4, -0.2) is 53.2 Å². The monoisotopic (exact) mass is 368 g/mol. The van der Waals surface area contributed by atoms with Crippen molar-refractivity contribution in [2.24, 2.45) is 0 Å². The SMILES string of the molecule is CN(Cc1ccc([C@@H]2CC(=O)Nc3n[nH]c(C(=O)O)c32)o1)S(C)(=O)=O. The molecule has 1 aliphatic heterocycles. The maximum Gasteiger partial charge on any atom is 0.354 e. The van der Waals surface area contributed by atoms with Gasteiger partial charge in [-0.1, -0.05) is 0 Å². The van der Waals surface area contributed by atoms with Crippen molar-refractivity contribution >= 4 is 27.7 Å². The average molecular weight is 368 g/mol. The number of amides is 1. The lowest BCUT2D eigenvalue weighted by atomic mass is 9.90. The maximum atomic E-state index is 11.9. The summed E-state index contributed by atoms with van der Waals surface area (Å²) in [5.74, 6) is -1.21. The van der Waals surface area contributed by atoms with Gasteiger partial charge in [0.25, 0.3) is 0 Å². The number of aromatic amines is 1. The fourth-order valence-electron chi connectivity index (χ4n) is 2.67. The minimum Gasteiger partial charge on any atom is -0.477 e. The molecule has 0 saturated carbocycles. The van der Waals surface area contributed by atoms with Crippen molar-refractivity contribution in [3.8, 4) is 0 Å². The van der Waals surface area contributed by atoms with Gasteiger partial charge in [0, 0.05) is 19.0 Å². The molecular weight excluding hydrogens is 352 g/mol. The van der Waals surface area contributed by atoms with E-state index < -0.39 is 21.9 Å². The summed E-state index contributed by atoms with van der Waals surface area (Å²) >= 11 is 0. The van der Waals surface area contributed by atoms with Crippen LogP contribution in [0.15, 0.2) is 16.5 Å². The second kappa shape index (κ2) is 6.01. The number of carboxylic acid groups (broad SMARTS) is 1. The van der Waals surface area contributed by atoms with Crippen LogP contribution in [0.5, 0.6) is 0 Å². The Balaban J connectivity index is 1.95. The van der Waals surface area contributed by atoms with Crippen LogP contribution in [0.25, 0.3) is 0 Å². The van der Waals surface area contributed by atoms with Gasteiger partial charge in [0.2, 0.25) is 15.9 Å². The number of carbonyl (C=O) groups is 2. The van der Waals surface area contributed by atoms with Crippen molar-refractivity contribution in [2.45, 2.75) is 18.9 Å². The molecule has 3 N–H and O–H groups in total. The average Bonchev–Trinajstić information content (AvgIpc) is 3.11. The second-order valence-electron chi connectivity index (χ2n) is 5.79. The van der Waals surface area contributed by atoms with Crippen molar-refractivity contribution in [3.63, 3.8) is 0 Å². The first-order valence-corrected chi connectivity index (χ1v) is 9.13. The van der Waals surface area contributed by atoms with Crippen LogP contribution in [0.3, 0.4) is 0 Å². The van der Waals surface area contributed by atoms with Crippen LogP contribution < -0.4 is 5.32 Å². The Morgan fingerprint density at radius 3 is 2.84 bits per heavy atom. The molecule has 0 fully saturated rings. The van der Waals surface area contributed by atoms with Crippen molar-refractivity contribution < 1.29 is 27.5 Å². The highest BCUT2D eigenvalue weighted by atomic mass is 32.2. The number of aromatic nitrogens is 2. The Kier molecular flexibility index (Phi) is 4.13. The standard InChI is InChI=1S/C14H16N4O6S/c1-18(25(2,22)23)6-7-3-4-9(24-7)8-5-10(19)15-13-11(8)12(14(20)21)16-17-13/h3-4,8H,5-6H2,1-2H3,(H,20,21)(H2,15,16,17,19)/t8-/m0/s1. The van der Waals surface area contributed by atoms with E-state index in [0.29, 0.717) is 17.1 Å². The molecule has 0 spiro atoms. The number of sulfonamides is 1. The topological polar surface area (TPSA) is 146 Å². The smallest absolute Gasteiger partial charge is 0.354 e. The number of hydrogen-bond donors (Lipinski definition) is 3. The number of anilines is 1. The van der Waals surface area contributed by atoms with Crippen LogP contribution >= 0.6 is 0 Å². The highest BCUT2D eigenvalue weighted by Gasteiger charge is 2.35. The number of carbonyl (C=O) groups excluding carboxylic acids is 1. The van der Waals surface area contributed by atoms with E-state index in [4.69, 9.17) is 4.42 Å². The van der Waals surface area contributed by atoms with Crippen molar-refractivity contribution in [1.29, 1.82) is 0 Å². The molecule has 0 saturated heterocycles. The fraction of sp³-hybridized carbons (Fsp3) is 0.357. The third-order valence-electron chi connectivity index (χ3n) is 3.98. The molecule has 3 heterocycles. The molecule has 1 atom stereocenters. The van der Waals surface area contributed by atoms with Crippen LogP contribution in [0.4, 0.5) is 5.82 Å². The summed E-state index contributed by atoms with van der Waals surface area (Å²) in [7, 11) is -1.95. The molecular formula is C14H16N4O6S. The molecule has 2 aromatic heterocycles. The van der Waals surface area contributed by atoms with Crippen molar-refractivity contribution in [3.05, 3.63) is 34.9 Å². The van der Waals surface area contributed by atoms with Gasteiger partial charge in [0.1, 0.15) is 17.2 Å². The van der Waals surface area contributed by atoms with E-state index in [-0.39, 0.29) is 30.4 Å². The van der Waals surface area contributed by atoms with Gasteiger partial charge in [-0.3, -0.25) is 9.89 Å². The summed E-state index contributed by atoms with van der Waals surface area (Å²) in [5.41, 5.74) is 0.218. The zero-order chi connectivity index (χ0) is 18.4. The van der Waals surface area contributed by atoms with Gasteiger partial charge >= 0.3 is 5.97 Å². The molecule has 0 radical (unpaired) electrons. The van der Waals surface area contributed by atoms with Gasteiger partial charge < -0.3 is 14.8 Å². The van der Waals surface area contributed by atoms with E-state index in [1.54, 1.807) is 12.1 Å². The molecule has 1 amide bonds. The Morgan fingerprint density at radius 1 is 1.48 bits per heavy atom. The molecule has 10 nitrogen and oxygen atoms in total. The lowest BCUT2D eigenvalue weighted by molar-refractivity contribution is -0.116. The number of nitrogens with zero attached hydrogens (tertiary/aromatic N) is 2. The lowest BCUT2D eigenvalue weighted by Gasteiger charge is -2.20. The molecule has 25 heavy (non-hydrogen) atoms. The molecule has 134 valence electrons. The Hall–Kier alpha value is -2.66. The molecule has 0 bridgehead atoms. The third-order valence-corrected chi connectivity index (χ3v) is 5.25. The zero-order valence-corrected chi connectivity index (χ0v) is 14.3. The first kappa shape index (κ1) is 17.2. The van der Waals surface area contributed by atoms with Crippen molar-refractivity contribution in [2.75, 3.05) is 18.6 Å². The second-order valence-corrected chi connectivity index (χ2v) is 7.88. The molecule has 0 aliphatic carbocycles. The predicted octanol–water partition coefficient (Wildman–Crippen LogP) is 0.566. The van der Waals surface area contributed by atoms with Crippen molar-refractivity contribution in [1.82, 2.24) is 14.5 Å². The van der Waals surface area contributed by atoms with E-state index >= 15 is 0 Å². The molecule has 1 aliphatic rings. The van der Waals surface area contributed by atoms with Crippen LogP contribution in [0.1, 0.15) is 39.9 Å². The Morgan fingerprint density at radius 2 is 2.20 bits per heavy atom. The number of H-pyrrole nitrogens is 1. The summed E-state index contributed by atoms with van der Waals surface area (Å²) in [6, 6.07) is 3.21. The van der Waals surface area contributed by atoms with E-state index in [0.717, 1.165) is 10.6 Å². The summed E-state index contributed by atoms with van der Waals surface area (Å²) < 4.78 is 29.8. The van der Waals surface area contributed by atoms with E-state index in [9.17, 15) is 23.1 Å². The number of furan rings is 1. The zero-order valence-electron chi connectivity index (χ0n) is 13.4. The normalized spacial score (nSPS) is 17.4. The largest absolute Gasteiger partial charge is 0.477 e. The minimum atomic E-state index is -3.37. The van der Waals surface area contributed by atoms with E-state index in [1.165, 1.54) is 7.05 Å². The van der Waals surface area contributed by atoms with Crippen LogP contribution in [0, 0.1) is 0 Å². The lowest BCUT2D eigenvalue weighted by Crippen LogP contribution is -2.25. The molecule has 0 unspecified atom stereocenters. The number of aromatic carboxylic acids is 1. The van der Waals surface area contributed by atoms with Crippen LogP contribution in [-0.2, 0) is 21.4 Å². The van der Waals surface area contributed by atoms with Gasteiger partial charge in [0.15, 0.2) is 5.82 Å². The number of fused-ring (bicyclic) bond motifs is 1. The minimum absolute atomic E-state index is 0.00167. The third kappa shape index (κ3) is 3.28. The summed E-state index contributed by atoms with van der Waals surface area (Å²) in [6.07, 6.45) is 1.08. The molecule has 2 aromatic rings. The molecule has 0 aromatic carbocycles. The number of nitrogens with one attached hydrogen (secondary N) is 2. The number of carboxylic acids is 1. The molecule has 3 rings (SSSR count). The summed E-state index contributed by atoms with van der Waals surface area (Å²) in [6.45, 7) is 0.0295.